The van der Waals surface area contributed by atoms with Crippen LogP contribution in [-0.4, -0.2) is 53.1 Å². The van der Waals surface area contributed by atoms with Crippen LogP contribution in [0.5, 0.6) is 11.5 Å². The Labute approximate surface area is 181 Å². The molecule has 0 saturated carbocycles. The normalized spacial score (nSPS) is 11.4. The molecule has 4 aromatic rings. The van der Waals surface area contributed by atoms with Gasteiger partial charge in [-0.25, -0.2) is 9.97 Å². The molecule has 0 aliphatic carbocycles. The minimum absolute atomic E-state index is 0.219. The summed E-state index contributed by atoms with van der Waals surface area (Å²) in [4.78, 5) is 9.62. The molecule has 0 saturated heterocycles. The number of hydrogen-bond donors (Lipinski definition) is 1. The summed E-state index contributed by atoms with van der Waals surface area (Å²) >= 11 is 0. The van der Waals surface area contributed by atoms with E-state index >= 15 is 0 Å². The third kappa shape index (κ3) is 4.39. The van der Waals surface area contributed by atoms with Gasteiger partial charge in [0.1, 0.15) is 0 Å². The van der Waals surface area contributed by atoms with Crippen LogP contribution in [0.2, 0.25) is 0 Å². The van der Waals surface area contributed by atoms with E-state index in [9.17, 15) is 0 Å². The molecule has 2 aromatic carbocycles. The highest BCUT2D eigenvalue weighted by Crippen LogP contribution is 2.34. The fourth-order valence-electron chi connectivity index (χ4n) is 3.35. The lowest BCUT2D eigenvalue weighted by molar-refractivity contribution is 0.0787. The van der Waals surface area contributed by atoms with Gasteiger partial charge in [0.15, 0.2) is 23.0 Å². The third-order valence-corrected chi connectivity index (χ3v) is 4.86. The highest BCUT2D eigenvalue weighted by molar-refractivity contribution is 5.95. The first-order chi connectivity index (χ1) is 15.1. The van der Waals surface area contributed by atoms with Crippen LogP contribution in [0.3, 0.4) is 0 Å². The number of rotatable bonds is 9. The molecule has 0 atom stereocenters. The van der Waals surface area contributed by atoms with Crippen LogP contribution < -0.4 is 14.8 Å². The summed E-state index contributed by atoms with van der Waals surface area (Å²) in [5.74, 6) is 2.49. The van der Waals surface area contributed by atoms with E-state index in [1.54, 1.807) is 18.7 Å². The van der Waals surface area contributed by atoms with Gasteiger partial charge in [-0.05, 0) is 26.3 Å². The SMILES string of the molecule is COc1cc2nc(NCCCOC(C)C)n3nc(-c4ccccc4)nc3c2cc1OC. The Balaban J connectivity index is 1.79. The number of nitrogens with one attached hydrogen (secondary N) is 1. The zero-order chi connectivity index (χ0) is 21.8. The molecule has 0 bridgehead atoms. The molecule has 2 aromatic heterocycles. The van der Waals surface area contributed by atoms with E-state index < -0.39 is 0 Å². The molecule has 162 valence electrons. The van der Waals surface area contributed by atoms with E-state index in [0.29, 0.717) is 42.1 Å². The minimum Gasteiger partial charge on any atom is -0.493 e. The maximum atomic E-state index is 5.63. The Morgan fingerprint density at radius 1 is 1.00 bits per heavy atom. The molecule has 0 aliphatic heterocycles. The smallest absolute Gasteiger partial charge is 0.226 e. The summed E-state index contributed by atoms with van der Waals surface area (Å²) in [6, 6.07) is 13.6. The summed E-state index contributed by atoms with van der Waals surface area (Å²) in [6.07, 6.45) is 1.07. The summed E-state index contributed by atoms with van der Waals surface area (Å²) < 4.78 is 18.3. The van der Waals surface area contributed by atoms with E-state index in [0.717, 1.165) is 22.9 Å². The average molecular weight is 422 g/mol. The lowest BCUT2D eigenvalue weighted by Gasteiger charge is -2.12. The number of ether oxygens (including phenoxy) is 3. The molecule has 0 aliphatic rings. The fourth-order valence-corrected chi connectivity index (χ4v) is 3.35. The van der Waals surface area contributed by atoms with Crippen molar-refractivity contribution in [3.05, 3.63) is 42.5 Å². The first kappa shape index (κ1) is 20.9. The molecule has 0 unspecified atom stereocenters. The lowest BCUT2D eigenvalue weighted by Crippen LogP contribution is -2.13. The van der Waals surface area contributed by atoms with Crippen LogP contribution in [-0.2, 0) is 4.74 Å². The molecule has 0 radical (unpaired) electrons. The van der Waals surface area contributed by atoms with Crippen LogP contribution >= 0.6 is 0 Å². The Bertz CT molecular complexity index is 1170. The molecule has 0 spiro atoms. The number of fused-ring (bicyclic) bond motifs is 3. The molecule has 2 heterocycles. The van der Waals surface area contributed by atoms with Crippen LogP contribution in [0.1, 0.15) is 20.3 Å². The third-order valence-electron chi connectivity index (χ3n) is 4.86. The van der Waals surface area contributed by atoms with Crippen molar-refractivity contribution in [1.29, 1.82) is 0 Å². The van der Waals surface area contributed by atoms with Gasteiger partial charge < -0.3 is 19.5 Å². The van der Waals surface area contributed by atoms with E-state index in [2.05, 4.69) is 5.32 Å². The van der Waals surface area contributed by atoms with E-state index in [1.807, 2.05) is 56.3 Å². The molecule has 31 heavy (non-hydrogen) atoms. The second-order valence-electron chi connectivity index (χ2n) is 7.40. The van der Waals surface area contributed by atoms with Crippen molar-refractivity contribution in [3.8, 4) is 22.9 Å². The molecular formula is C23H27N5O3. The standard InChI is InChI=1S/C23H27N5O3/c1-15(2)31-12-8-11-24-23-25-18-14-20(30-4)19(29-3)13-17(18)22-26-21(27-28(22)23)16-9-6-5-7-10-16/h5-7,9-10,13-15H,8,11-12H2,1-4H3,(H,24,25). The van der Waals surface area contributed by atoms with Crippen molar-refractivity contribution in [2.45, 2.75) is 26.4 Å². The van der Waals surface area contributed by atoms with Crippen LogP contribution in [0.25, 0.3) is 27.9 Å². The molecule has 8 heteroatoms. The quantitative estimate of drug-likeness (QED) is 0.406. The first-order valence-electron chi connectivity index (χ1n) is 10.3. The number of aromatic nitrogens is 4. The highest BCUT2D eigenvalue weighted by atomic mass is 16.5. The summed E-state index contributed by atoms with van der Waals surface area (Å²) in [5.41, 5.74) is 2.39. The second kappa shape index (κ2) is 9.18. The van der Waals surface area contributed by atoms with E-state index in [-0.39, 0.29) is 6.10 Å². The van der Waals surface area contributed by atoms with Gasteiger partial charge >= 0.3 is 0 Å². The summed E-state index contributed by atoms with van der Waals surface area (Å²) in [5, 5.41) is 8.95. The molecule has 1 N–H and O–H groups in total. The highest BCUT2D eigenvalue weighted by Gasteiger charge is 2.17. The summed E-state index contributed by atoms with van der Waals surface area (Å²) in [7, 11) is 3.23. The van der Waals surface area contributed by atoms with Gasteiger partial charge in [0, 0.05) is 30.2 Å². The van der Waals surface area contributed by atoms with Gasteiger partial charge in [-0.15, -0.1) is 5.10 Å². The molecule has 0 fully saturated rings. The van der Waals surface area contributed by atoms with Gasteiger partial charge in [-0.2, -0.15) is 4.52 Å². The molecule has 0 amide bonds. The van der Waals surface area contributed by atoms with Crippen molar-refractivity contribution in [2.24, 2.45) is 0 Å². The van der Waals surface area contributed by atoms with Gasteiger partial charge in [-0.3, -0.25) is 0 Å². The Hall–Kier alpha value is -3.39. The van der Waals surface area contributed by atoms with Crippen molar-refractivity contribution in [1.82, 2.24) is 19.6 Å². The molecule has 4 rings (SSSR count). The molecule has 8 nitrogen and oxygen atoms in total. The van der Waals surface area contributed by atoms with E-state index in [4.69, 9.17) is 29.3 Å². The molecular weight excluding hydrogens is 394 g/mol. The Morgan fingerprint density at radius 2 is 1.74 bits per heavy atom. The van der Waals surface area contributed by atoms with Gasteiger partial charge in [0.05, 0.1) is 25.8 Å². The predicted octanol–water partition coefficient (Wildman–Crippen LogP) is 4.19. The number of methoxy groups -OCH3 is 2. The van der Waals surface area contributed by atoms with Crippen molar-refractivity contribution in [3.63, 3.8) is 0 Å². The Kier molecular flexibility index (Phi) is 6.18. The zero-order valence-corrected chi connectivity index (χ0v) is 18.3. The largest absolute Gasteiger partial charge is 0.493 e. The summed E-state index contributed by atoms with van der Waals surface area (Å²) in [6.45, 7) is 5.45. The number of benzene rings is 2. The monoisotopic (exact) mass is 421 g/mol. The minimum atomic E-state index is 0.219. The van der Waals surface area contributed by atoms with Crippen molar-refractivity contribution < 1.29 is 14.2 Å². The number of hydrogen-bond acceptors (Lipinski definition) is 7. The zero-order valence-electron chi connectivity index (χ0n) is 18.3. The predicted molar refractivity (Wildman–Crippen MR) is 121 cm³/mol. The maximum Gasteiger partial charge on any atom is 0.226 e. The number of anilines is 1. The first-order valence-corrected chi connectivity index (χ1v) is 10.3. The van der Waals surface area contributed by atoms with Crippen LogP contribution in [0.15, 0.2) is 42.5 Å². The van der Waals surface area contributed by atoms with Gasteiger partial charge in [0.25, 0.3) is 0 Å². The maximum absolute atomic E-state index is 5.63. The van der Waals surface area contributed by atoms with Crippen LogP contribution in [0, 0.1) is 0 Å². The lowest BCUT2D eigenvalue weighted by atomic mass is 10.2. The Morgan fingerprint density at radius 3 is 2.45 bits per heavy atom. The van der Waals surface area contributed by atoms with Crippen molar-refractivity contribution >= 4 is 22.5 Å². The fraction of sp³-hybridized carbons (Fsp3) is 0.348. The van der Waals surface area contributed by atoms with Crippen LogP contribution in [0.4, 0.5) is 5.95 Å². The average Bonchev–Trinajstić information content (AvgIpc) is 3.24. The second-order valence-corrected chi connectivity index (χ2v) is 7.40. The topological polar surface area (TPSA) is 82.8 Å². The van der Waals surface area contributed by atoms with Crippen molar-refractivity contribution in [2.75, 3.05) is 32.7 Å². The number of nitrogens with zero attached hydrogens (tertiary/aromatic N) is 4. The van der Waals surface area contributed by atoms with E-state index in [1.165, 1.54) is 0 Å². The van der Waals surface area contributed by atoms with Gasteiger partial charge in [-0.1, -0.05) is 30.3 Å². The van der Waals surface area contributed by atoms with Gasteiger partial charge in [0.2, 0.25) is 5.95 Å².